The number of aliphatic carboxylic acids is 2. The van der Waals surface area contributed by atoms with Gasteiger partial charge in [0.1, 0.15) is 6.54 Å². The van der Waals surface area contributed by atoms with Crippen molar-refractivity contribution in [3.63, 3.8) is 0 Å². The van der Waals surface area contributed by atoms with E-state index in [1.165, 1.54) is 7.05 Å². The lowest BCUT2D eigenvalue weighted by Gasteiger charge is -2.38. The van der Waals surface area contributed by atoms with Crippen molar-refractivity contribution in [2.24, 2.45) is 16.7 Å². The van der Waals surface area contributed by atoms with E-state index < -0.39 is 28.7 Å². The molecule has 19 heavy (non-hydrogen) atoms. The summed E-state index contributed by atoms with van der Waals surface area (Å²) in [6.45, 7) is 4.82. The largest absolute Gasteiger partial charge is 0.481 e. The molecule has 0 radical (unpaired) electrons. The zero-order valence-corrected chi connectivity index (χ0v) is 11.8. The Balaban J connectivity index is 2.96. The van der Waals surface area contributed by atoms with Gasteiger partial charge in [0.05, 0.1) is 5.41 Å². The van der Waals surface area contributed by atoms with Crippen molar-refractivity contribution in [2.45, 2.75) is 33.6 Å². The van der Waals surface area contributed by atoms with Gasteiger partial charge in [-0.2, -0.15) is 0 Å². The summed E-state index contributed by atoms with van der Waals surface area (Å²) in [6, 6.07) is 0. The third-order valence-electron chi connectivity index (χ3n) is 4.75. The number of likely N-dealkylation sites (N-methyl/N-ethyl adjacent to an activating group) is 1. The van der Waals surface area contributed by atoms with Crippen LogP contribution in [0, 0.1) is 16.7 Å². The summed E-state index contributed by atoms with van der Waals surface area (Å²) in [5.41, 5.74) is -1.67. The van der Waals surface area contributed by atoms with E-state index in [4.69, 9.17) is 5.11 Å². The Morgan fingerprint density at radius 2 is 1.74 bits per heavy atom. The number of carbonyl (C=O) groups excluding carboxylic acids is 1. The van der Waals surface area contributed by atoms with Crippen LogP contribution in [0.1, 0.15) is 33.6 Å². The fourth-order valence-corrected chi connectivity index (χ4v) is 2.86. The number of hydrogen-bond donors (Lipinski definition) is 2. The molecule has 1 aliphatic carbocycles. The minimum Gasteiger partial charge on any atom is -0.481 e. The molecule has 0 saturated heterocycles. The maximum absolute atomic E-state index is 12.3. The van der Waals surface area contributed by atoms with Crippen LogP contribution in [0.4, 0.5) is 0 Å². The van der Waals surface area contributed by atoms with Crippen LogP contribution in [0.3, 0.4) is 0 Å². The van der Waals surface area contributed by atoms with Crippen LogP contribution in [-0.2, 0) is 14.4 Å². The number of carboxylic acid groups (broad SMARTS) is 2. The number of carbonyl (C=O) groups is 3. The van der Waals surface area contributed by atoms with Crippen molar-refractivity contribution in [1.29, 1.82) is 0 Å². The normalized spacial score (nSPS) is 28.9. The first kappa shape index (κ1) is 15.5. The fourth-order valence-electron chi connectivity index (χ4n) is 2.86. The Bertz CT molecular complexity index is 417. The number of rotatable bonds is 4. The maximum Gasteiger partial charge on any atom is 0.323 e. The summed E-state index contributed by atoms with van der Waals surface area (Å²) >= 11 is 0. The first-order chi connectivity index (χ1) is 8.54. The van der Waals surface area contributed by atoms with Gasteiger partial charge in [0.15, 0.2) is 0 Å². The van der Waals surface area contributed by atoms with E-state index in [0.29, 0.717) is 12.8 Å². The molecule has 1 saturated carbocycles. The molecule has 1 fully saturated rings. The average molecular weight is 271 g/mol. The van der Waals surface area contributed by atoms with E-state index >= 15 is 0 Å². The fraction of sp³-hybridized carbons (Fsp3) is 0.769. The first-order valence-corrected chi connectivity index (χ1v) is 6.24. The number of carboxylic acids is 2. The third-order valence-corrected chi connectivity index (χ3v) is 4.75. The standard InChI is InChI=1S/C13H21NO5/c1-12(2)8(5-6-13(12,3)11(18)19)10(17)14(4)7-9(15)16/h8H,5-7H2,1-4H3,(H,15,16)(H,18,19)/t8-,13+/m1/s1. The van der Waals surface area contributed by atoms with Gasteiger partial charge < -0.3 is 15.1 Å². The Morgan fingerprint density at radius 3 is 2.11 bits per heavy atom. The van der Waals surface area contributed by atoms with E-state index in [-0.39, 0.29) is 12.5 Å². The lowest BCUT2D eigenvalue weighted by Crippen LogP contribution is -2.46. The number of hydrogen-bond acceptors (Lipinski definition) is 3. The van der Waals surface area contributed by atoms with Crippen LogP contribution in [0.5, 0.6) is 0 Å². The molecule has 0 heterocycles. The average Bonchev–Trinajstić information content (AvgIpc) is 2.49. The second-order valence-electron chi connectivity index (χ2n) is 6.04. The van der Waals surface area contributed by atoms with Crippen molar-refractivity contribution in [3.05, 3.63) is 0 Å². The molecule has 0 bridgehead atoms. The van der Waals surface area contributed by atoms with Gasteiger partial charge in [-0.25, -0.2) is 0 Å². The third kappa shape index (κ3) is 2.43. The molecule has 0 aromatic carbocycles. The summed E-state index contributed by atoms with van der Waals surface area (Å²) in [7, 11) is 1.43. The summed E-state index contributed by atoms with van der Waals surface area (Å²) in [5.74, 6) is -2.74. The van der Waals surface area contributed by atoms with Gasteiger partial charge in [0.25, 0.3) is 0 Å². The molecule has 2 N–H and O–H groups in total. The van der Waals surface area contributed by atoms with Gasteiger partial charge in [0, 0.05) is 13.0 Å². The quantitative estimate of drug-likeness (QED) is 0.797. The van der Waals surface area contributed by atoms with Crippen LogP contribution in [-0.4, -0.2) is 46.6 Å². The van der Waals surface area contributed by atoms with Crippen molar-refractivity contribution < 1.29 is 24.6 Å². The smallest absolute Gasteiger partial charge is 0.323 e. The molecule has 0 aliphatic heterocycles. The van der Waals surface area contributed by atoms with Gasteiger partial charge in [-0.3, -0.25) is 14.4 Å². The molecule has 0 aromatic rings. The predicted octanol–water partition coefficient (Wildman–Crippen LogP) is 1.06. The highest BCUT2D eigenvalue weighted by atomic mass is 16.4. The molecule has 6 heteroatoms. The summed E-state index contributed by atoms with van der Waals surface area (Å²) in [5, 5.41) is 18.1. The first-order valence-electron chi connectivity index (χ1n) is 6.24. The minimum absolute atomic E-state index is 0.294. The molecule has 1 amide bonds. The highest BCUT2D eigenvalue weighted by Gasteiger charge is 2.58. The molecule has 0 spiro atoms. The zero-order valence-electron chi connectivity index (χ0n) is 11.8. The second-order valence-corrected chi connectivity index (χ2v) is 6.04. The molecule has 0 aromatic heterocycles. The molecule has 2 atom stereocenters. The second kappa shape index (κ2) is 4.83. The Morgan fingerprint density at radius 1 is 1.21 bits per heavy atom. The van der Waals surface area contributed by atoms with Gasteiger partial charge >= 0.3 is 11.9 Å². The molecular formula is C13H21NO5. The van der Waals surface area contributed by atoms with Gasteiger partial charge in [0.2, 0.25) is 5.91 Å². The summed E-state index contributed by atoms with van der Waals surface area (Å²) < 4.78 is 0. The lowest BCUT2D eigenvalue weighted by molar-refractivity contribution is -0.157. The molecule has 0 unspecified atom stereocenters. The van der Waals surface area contributed by atoms with Gasteiger partial charge in [-0.15, -0.1) is 0 Å². The van der Waals surface area contributed by atoms with E-state index in [9.17, 15) is 19.5 Å². The Kier molecular flexibility index (Phi) is 3.93. The van der Waals surface area contributed by atoms with Crippen molar-refractivity contribution >= 4 is 17.8 Å². The van der Waals surface area contributed by atoms with Gasteiger partial charge in [-0.05, 0) is 25.2 Å². The van der Waals surface area contributed by atoms with Crippen molar-refractivity contribution in [2.75, 3.05) is 13.6 Å². The van der Waals surface area contributed by atoms with E-state index in [0.717, 1.165) is 4.90 Å². The molecule has 6 nitrogen and oxygen atoms in total. The zero-order chi connectivity index (χ0) is 15.0. The SMILES string of the molecule is CN(CC(=O)O)C(=O)[C@H]1CC[C@@](C)(C(=O)O)C1(C)C. The van der Waals surface area contributed by atoms with Crippen LogP contribution in [0.25, 0.3) is 0 Å². The van der Waals surface area contributed by atoms with Crippen LogP contribution in [0.15, 0.2) is 0 Å². The van der Waals surface area contributed by atoms with Crippen LogP contribution in [0.2, 0.25) is 0 Å². The molecule has 108 valence electrons. The monoisotopic (exact) mass is 271 g/mol. The van der Waals surface area contributed by atoms with E-state index in [2.05, 4.69) is 0 Å². The van der Waals surface area contributed by atoms with Gasteiger partial charge in [-0.1, -0.05) is 13.8 Å². The van der Waals surface area contributed by atoms with Crippen molar-refractivity contribution in [3.8, 4) is 0 Å². The predicted molar refractivity (Wildman–Crippen MR) is 67.5 cm³/mol. The maximum atomic E-state index is 12.3. The number of nitrogens with zero attached hydrogens (tertiary/aromatic N) is 1. The van der Waals surface area contributed by atoms with Crippen molar-refractivity contribution in [1.82, 2.24) is 4.90 Å². The lowest BCUT2D eigenvalue weighted by atomic mass is 9.65. The van der Waals surface area contributed by atoms with Crippen LogP contribution >= 0.6 is 0 Å². The highest BCUT2D eigenvalue weighted by Crippen LogP contribution is 2.56. The summed E-state index contributed by atoms with van der Waals surface area (Å²) in [6.07, 6.45) is 0.894. The Hall–Kier alpha value is -1.59. The number of amides is 1. The molecular weight excluding hydrogens is 250 g/mol. The van der Waals surface area contributed by atoms with Crippen LogP contribution < -0.4 is 0 Å². The summed E-state index contributed by atoms with van der Waals surface area (Å²) in [4.78, 5) is 35.5. The highest BCUT2D eigenvalue weighted by molar-refractivity contribution is 5.86. The van der Waals surface area contributed by atoms with E-state index in [1.54, 1.807) is 20.8 Å². The Labute approximate surface area is 112 Å². The molecule has 1 aliphatic rings. The topological polar surface area (TPSA) is 94.9 Å². The van der Waals surface area contributed by atoms with E-state index in [1.807, 2.05) is 0 Å². The molecule has 1 rings (SSSR count). The minimum atomic E-state index is -1.08.